The second kappa shape index (κ2) is 40.4. The molecule has 0 rings (SSSR count). The average molecular weight is 801 g/mol. The lowest BCUT2D eigenvalue weighted by molar-refractivity contribution is -0.161. The number of allylic oxidation sites excluding steroid dienone is 6. The molecular weight excluding hydrogens is 719 g/mol. The van der Waals surface area contributed by atoms with E-state index in [0.717, 1.165) is 57.8 Å². The van der Waals surface area contributed by atoms with Gasteiger partial charge in [-0.2, -0.15) is 0 Å². The zero-order chi connectivity index (χ0) is 40.5. The number of phosphoric ester groups is 1. The molecule has 10 nitrogen and oxygen atoms in total. The van der Waals surface area contributed by atoms with Crippen molar-refractivity contribution in [2.24, 2.45) is 0 Å². The highest BCUT2D eigenvalue weighted by Gasteiger charge is 2.27. The van der Waals surface area contributed by atoms with Crippen molar-refractivity contribution in [1.82, 2.24) is 0 Å². The summed E-state index contributed by atoms with van der Waals surface area (Å²) in [4.78, 5) is 35.0. The first-order valence-electron chi connectivity index (χ1n) is 21.9. The van der Waals surface area contributed by atoms with Crippen LogP contribution in [0.4, 0.5) is 0 Å². The molecule has 55 heavy (non-hydrogen) atoms. The van der Waals surface area contributed by atoms with E-state index in [0.29, 0.717) is 12.8 Å². The molecule has 0 aromatic heterocycles. The lowest BCUT2D eigenvalue weighted by Crippen LogP contribution is -2.29. The van der Waals surface area contributed by atoms with Crippen molar-refractivity contribution < 1.29 is 47.8 Å². The highest BCUT2D eigenvalue weighted by atomic mass is 31.2. The lowest BCUT2D eigenvalue weighted by atomic mass is 10.0. The molecular formula is C44H81O10P. The first kappa shape index (κ1) is 53.2. The van der Waals surface area contributed by atoms with E-state index in [9.17, 15) is 24.2 Å². The molecule has 11 heteroatoms. The Kier molecular flexibility index (Phi) is 39.1. The maximum Gasteiger partial charge on any atom is 0.472 e. The number of aliphatic hydroxyl groups is 2. The third kappa shape index (κ3) is 40.2. The van der Waals surface area contributed by atoms with Gasteiger partial charge in [-0.25, -0.2) is 4.57 Å². The molecule has 0 saturated heterocycles. The Morgan fingerprint density at radius 1 is 0.545 bits per heavy atom. The van der Waals surface area contributed by atoms with Crippen LogP contribution < -0.4 is 0 Å². The van der Waals surface area contributed by atoms with Gasteiger partial charge in [0.2, 0.25) is 0 Å². The quantitative estimate of drug-likeness (QED) is 0.0236. The number of rotatable bonds is 41. The number of carbonyl (C=O) groups is 2. The number of esters is 2. The molecule has 0 heterocycles. The van der Waals surface area contributed by atoms with Crippen LogP contribution in [0.1, 0.15) is 194 Å². The standard InChI is InChI=1S/C44H81O10P/c1-3-5-7-9-11-13-15-17-19-20-22-24-26-28-30-32-34-36-44(48)54-42(40-53-55(49,50)52-38-41(46)37-45)39-51-43(47)35-33-31-29-27-25-23-21-18-16-14-12-10-8-6-4-2/h11,13,17,19,22,24,41-42,45-46H,3-10,12,14-16,18,20-21,23,25-40H2,1-2H3,(H,49,50)/b13-11-,19-17-,24-22-/t41-,42+/m0/s1. The Morgan fingerprint density at radius 2 is 0.945 bits per heavy atom. The minimum absolute atomic E-state index is 0.160. The number of carbonyl (C=O) groups excluding carboxylic acids is 2. The molecule has 0 aliphatic carbocycles. The summed E-state index contributed by atoms with van der Waals surface area (Å²) < 4.78 is 32.7. The predicted molar refractivity (Wildman–Crippen MR) is 224 cm³/mol. The normalized spacial score (nSPS) is 14.2. The number of ether oxygens (including phenoxy) is 2. The third-order valence-corrected chi connectivity index (χ3v) is 10.2. The van der Waals surface area contributed by atoms with Crippen molar-refractivity contribution in [3.8, 4) is 0 Å². The van der Waals surface area contributed by atoms with Crippen molar-refractivity contribution >= 4 is 19.8 Å². The first-order valence-corrected chi connectivity index (χ1v) is 23.4. The van der Waals surface area contributed by atoms with Crippen molar-refractivity contribution in [2.45, 2.75) is 206 Å². The van der Waals surface area contributed by atoms with E-state index >= 15 is 0 Å². The summed E-state index contributed by atoms with van der Waals surface area (Å²) in [6.07, 6.45) is 41.0. The highest BCUT2D eigenvalue weighted by molar-refractivity contribution is 7.47. The average Bonchev–Trinajstić information content (AvgIpc) is 3.17. The van der Waals surface area contributed by atoms with E-state index in [4.69, 9.17) is 19.1 Å². The zero-order valence-electron chi connectivity index (χ0n) is 34.9. The Labute approximate surface area is 335 Å². The Hall–Kier alpha value is -1.81. The van der Waals surface area contributed by atoms with Crippen LogP contribution >= 0.6 is 7.82 Å². The van der Waals surface area contributed by atoms with Gasteiger partial charge >= 0.3 is 19.8 Å². The molecule has 0 radical (unpaired) electrons. The highest BCUT2D eigenvalue weighted by Crippen LogP contribution is 2.43. The zero-order valence-corrected chi connectivity index (χ0v) is 35.8. The maximum absolute atomic E-state index is 12.6. The van der Waals surface area contributed by atoms with Crippen LogP contribution in [0.5, 0.6) is 0 Å². The topological polar surface area (TPSA) is 149 Å². The van der Waals surface area contributed by atoms with Crippen LogP contribution in [0.25, 0.3) is 0 Å². The molecule has 0 spiro atoms. The van der Waals surface area contributed by atoms with Gasteiger partial charge in [0.05, 0.1) is 19.8 Å². The van der Waals surface area contributed by atoms with Crippen molar-refractivity contribution in [2.75, 3.05) is 26.4 Å². The minimum atomic E-state index is -4.62. The van der Waals surface area contributed by atoms with E-state index in [1.54, 1.807) is 0 Å². The van der Waals surface area contributed by atoms with Crippen molar-refractivity contribution in [1.29, 1.82) is 0 Å². The molecule has 1 unspecified atom stereocenters. The summed E-state index contributed by atoms with van der Waals surface area (Å²) in [6.45, 7) is 2.34. The van der Waals surface area contributed by atoms with Crippen LogP contribution in [0.15, 0.2) is 36.5 Å². The van der Waals surface area contributed by atoms with Crippen LogP contribution in [0, 0.1) is 0 Å². The van der Waals surface area contributed by atoms with Gasteiger partial charge in [-0.1, -0.05) is 166 Å². The fourth-order valence-corrected chi connectivity index (χ4v) is 6.67. The molecule has 0 bridgehead atoms. The molecule has 322 valence electrons. The fraction of sp³-hybridized carbons (Fsp3) is 0.818. The summed E-state index contributed by atoms with van der Waals surface area (Å²) in [6, 6.07) is 0. The molecule has 0 aromatic rings. The van der Waals surface area contributed by atoms with Crippen molar-refractivity contribution in [3.63, 3.8) is 0 Å². The van der Waals surface area contributed by atoms with Gasteiger partial charge < -0.3 is 24.6 Å². The molecule has 3 N–H and O–H groups in total. The molecule has 0 fully saturated rings. The second-order valence-electron chi connectivity index (χ2n) is 14.7. The Morgan fingerprint density at radius 3 is 1.45 bits per heavy atom. The van der Waals surface area contributed by atoms with Crippen LogP contribution in [0.2, 0.25) is 0 Å². The minimum Gasteiger partial charge on any atom is -0.462 e. The second-order valence-corrected chi connectivity index (χ2v) is 16.2. The Bertz CT molecular complexity index is 1010. The molecule has 3 atom stereocenters. The molecule has 0 aliphatic rings. The first-order chi connectivity index (χ1) is 26.7. The smallest absolute Gasteiger partial charge is 0.462 e. The van der Waals surface area contributed by atoms with Crippen LogP contribution in [-0.4, -0.2) is 65.7 Å². The van der Waals surface area contributed by atoms with Gasteiger partial charge in [0.1, 0.15) is 12.7 Å². The van der Waals surface area contributed by atoms with Gasteiger partial charge in [-0.15, -0.1) is 0 Å². The summed E-state index contributed by atoms with van der Waals surface area (Å²) in [5, 5.41) is 18.3. The van der Waals surface area contributed by atoms with Crippen LogP contribution in [0.3, 0.4) is 0 Å². The molecule has 0 amide bonds. The number of unbranched alkanes of at least 4 members (excludes halogenated alkanes) is 21. The van der Waals surface area contributed by atoms with Crippen LogP contribution in [-0.2, 0) is 32.7 Å². The molecule has 0 saturated carbocycles. The number of aliphatic hydroxyl groups excluding tert-OH is 2. The summed E-state index contributed by atoms with van der Waals surface area (Å²) in [5.74, 6) is -0.945. The van der Waals surface area contributed by atoms with Crippen molar-refractivity contribution in [3.05, 3.63) is 36.5 Å². The van der Waals surface area contributed by atoms with E-state index in [2.05, 4.69) is 54.8 Å². The summed E-state index contributed by atoms with van der Waals surface area (Å²) in [5.41, 5.74) is 0. The third-order valence-electron chi connectivity index (χ3n) is 9.30. The number of phosphoric acid groups is 1. The fourth-order valence-electron chi connectivity index (χ4n) is 5.88. The van der Waals surface area contributed by atoms with Gasteiger partial charge in [0, 0.05) is 12.8 Å². The van der Waals surface area contributed by atoms with E-state index < -0.39 is 51.8 Å². The molecule has 0 aromatic carbocycles. The van der Waals surface area contributed by atoms with Gasteiger partial charge in [-0.3, -0.25) is 18.6 Å². The van der Waals surface area contributed by atoms with E-state index in [1.807, 2.05) is 0 Å². The monoisotopic (exact) mass is 801 g/mol. The summed E-state index contributed by atoms with van der Waals surface area (Å²) in [7, 11) is -4.62. The summed E-state index contributed by atoms with van der Waals surface area (Å²) >= 11 is 0. The SMILES string of the molecule is CCCCC/C=C\C/C=C\C/C=C\CCCCCCC(=O)O[C@H](COC(=O)CCCCCCCCCCCCCCCCC)COP(=O)(O)OC[C@@H](O)CO. The Balaban J connectivity index is 4.33. The predicted octanol–water partition coefficient (Wildman–Crippen LogP) is 11.6. The largest absolute Gasteiger partial charge is 0.472 e. The van der Waals surface area contributed by atoms with Gasteiger partial charge in [0.25, 0.3) is 0 Å². The number of hydrogen-bond donors (Lipinski definition) is 3. The van der Waals surface area contributed by atoms with Gasteiger partial charge in [0.15, 0.2) is 6.10 Å². The lowest BCUT2D eigenvalue weighted by Gasteiger charge is -2.20. The maximum atomic E-state index is 12.6. The molecule has 0 aliphatic heterocycles. The van der Waals surface area contributed by atoms with E-state index in [1.165, 1.54) is 96.3 Å². The van der Waals surface area contributed by atoms with E-state index in [-0.39, 0.29) is 19.4 Å². The van der Waals surface area contributed by atoms with Gasteiger partial charge in [-0.05, 0) is 51.4 Å². The number of hydrogen-bond acceptors (Lipinski definition) is 9.